The van der Waals surface area contributed by atoms with Crippen LogP contribution in [-0.2, 0) is 42.2 Å². The first-order valence-corrected chi connectivity index (χ1v) is 17.6. The number of rotatable bonds is 18. The highest BCUT2D eigenvalue weighted by Crippen LogP contribution is 2.14. The van der Waals surface area contributed by atoms with Crippen molar-refractivity contribution in [2.24, 2.45) is 30.7 Å². The van der Waals surface area contributed by atoms with Crippen molar-refractivity contribution < 1.29 is 55.3 Å². The second kappa shape index (κ2) is 22.3. The van der Waals surface area contributed by atoms with Gasteiger partial charge >= 0.3 is 19.3 Å². The van der Waals surface area contributed by atoms with E-state index in [2.05, 4.69) is 21.3 Å². The number of nitrogens with one attached hydrogen (secondary N) is 4. The van der Waals surface area contributed by atoms with Gasteiger partial charge in [-0.25, -0.2) is 18.7 Å². The predicted octanol–water partition coefficient (Wildman–Crippen LogP) is 4.30. The standard InChI is InChI=1S/C34H60N6O7.BF4/c1-21(2)17-25(35-29(41)26(18-22(3)4)37-33(45)47-34(9,10)11)30(42)38-28(24(7)8)31(43)36-27(19-23(5)6)32(44)46-16-15-40-14-13-39(12)20-40;2-1(3,4)5/h13-14,20-28H,15-19H2,1-12H3,(H3-,35,36,37,38,41,42,43,45);/q;-1/p+1/t25-,26-,27-,28-;/m0./s1. The minimum atomic E-state index is -6.00. The molecule has 0 fully saturated rings. The number of imidazole rings is 1. The van der Waals surface area contributed by atoms with Crippen molar-refractivity contribution in [2.45, 2.75) is 132 Å². The zero-order valence-corrected chi connectivity index (χ0v) is 32.7. The minimum absolute atomic E-state index is 0.0268. The Morgan fingerprint density at radius 3 is 1.60 bits per heavy atom. The van der Waals surface area contributed by atoms with Gasteiger partial charge in [-0.1, -0.05) is 55.4 Å². The summed E-state index contributed by atoms with van der Waals surface area (Å²) in [7, 11) is -4.10. The smallest absolute Gasteiger partial charge is 0.460 e. The fraction of sp³-hybridized carbons (Fsp3) is 0.765. The number of amides is 4. The van der Waals surface area contributed by atoms with Gasteiger partial charge in [0.05, 0.1) is 7.05 Å². The molecule has 4 amide bonds. The van der Waals surface area contributed by atoms with Gasteiger partial charge < -0.3 is 48.0 Å². The van der Waals surface area contributed by atoms with Crippen molar-refractivity contribution in [1.29, 1.82) is 0 Å². The zero-order chi connectivity index (χ0) is 40.6. The molecule has 0 saturated carbocycles. The van der Waals surface area contributed by atoms with Gasteiger partial charge in [0.15, 0.2) is 0 Å². The van der Waals surface area contributed by atoms with Crippen molar-refractivity contribution in [3.05, 3.63) is 18.7 Å². The fourth-order valence-corrected chi connectivity index (χ4v) is 4.85. The van der Waals surface area contributed by atoms with Crippen LogP contribution in [0.3, 0.4) is 0 Å². The van der Waals surface area contributed by atoms with E-state index in [-0.39, 0.29) is 30.3 Å². The molecule has 52 heavy (non-hydrogen) atoms. The van der Waals surface area contributed by atoms with Crippen LogP contribution in [0, 0.1) is 23.7 Å². The quantitative estimate of drug-likeness (QED) is 0.0753. The van der Waals surface area contributed by atoms with E-state index in [1.807, 2.05) is 76.4 Å². The first kappa shape index (κ1) is 48.1. The number of alkyl carbamates (subject to hydrolysis) is 1. The van der Waals surface area contributed by atoms with Crippen LogP contribution in [0.2, 0.25) is 0 Å². The topological polar surface area (TPSA) is 161 Å². The number of ether oxygens (including phenoxy) is 2. The van der Waals surface area contributed by atoms with Crippen LogP contribution in [-0.4, -0.2) is 78.0 Å². The van der Waals surface area contributed by atoms with E-state index >= 15 is 0 Å². The van der Waals surface area contributed by atoms with E-state index in [4.69, 9.17) is 9.47 Å². The summed E-state index contributed by atoms with van der Waals surface area (Å²) in [4.78, 5) is 66.2. The Labute approximate surface area is 305 Å². The third-order valence-electron chi connectivity index (χ3n) is 7.03. The summed E-state index contributed by atoms with van der Waals surface area (Å²) in [6.45, 7) is 20.9. The summed E-state index contributed by atoms with van der Waals surface area (Å²) in [6, 6.07) is -3.79. The van der Waals surface area contributed by atoms with Gasteiger partial charge in [0.25, 0.3) is 0 Å². The molecule has 1 aromatic rings. The maximum Gasteiger partial charge on any atom is 0.673 e. The van der Waals surface area contributed by atoms with Gasteiger partial charge in [-0.15, -0.1) is 0 Å². The molecule has 0 saturated heterocycles. The summed E-state index contributed by atoms with van der Waals surface area (Å²) in [5, 5.41) is 11.0. The Balaban J connectivity index is 0.00000484. The molecule has 1 aromatic heterocycles. The number of esters is 1. The molecule has 0 aliphatic carbocycles. The monoisotopic (exact) mass is 752 g/mol. The van der Waals surface area contributed by atoms with E-state index in [1.165, 1.54) is 0 Å². The average Bonchev–Trinajstić information content (AvgIpc) is 3.36. The highest BCUT2D eigenvalue weighted by Gasteiger charge is 2.34. The van der Waals surface area contributed by atoms with Crippen LogP contribution >= 0.6 is 0 Å². The Bertz CT molecular complexity index is 1280. The van der Waals surface area contributed by atoms with Crippen molar-refractivity contribution in [3.8, 4) is 0 Å². The molecule has 0 aromatic carbocycles. The molecule has 0 bridgehead atoms. The lowest BCUT2D eigenvalue weighted by Gasteiger charge is -2.29. The molecule has 4 atom stereocenters. The highest BCUT2D eigenvalue weighted by atomic mass is 19.5. The molecule has 0 spiro atoms. The van der Waals surface area contributed by atoms with Gasteiger partial charge in [-0.2, -0.15) is 0 Å². The fourth-order valence-electron chi connectivity index (χ4n) is 4.85. The Kier molecular flexibility index (Phi) is 20.6. The van der Waals surface area contributed by atoms with E-state index in [1.54, 1.807) is 34.6 Å². The molecule has 1 heterocycles. The van der Waals surface area contributed by atoms with E-state index < -0.39 is 66.8 Å². The van der Waals surface area contributed by atoms with Crippen molar-refractivity contribution in [3.63, 3.8) is 0 Å². The number of nitrogens with zero attached hydrogens (tertiary/aromatic N) is 2. The lowest BCUT2D eigenvalue weighted by Crippen LogP contribution is -2.59. The molecule has 0 radical (unpaired) electrons. The maximum absolute atomic E-state index is 13.6. The molecule has 13 nitrogen and oxygen atoms in total. The van der Waals surface area contributed by atoms with Gasteiger partial charge in [-0.3, -0.25) is 14.4 Å². The summed E-state index contributed by atoms with van der Waals surface area (Å²) in [5.41, 5.74) is -0.748. The van der Waals surface area contributed by atoms with E-state index in [9.17, 15) is 41.2 Å². The summed E-state index contributed by atoms with van der Waals surface area (Å²) < 4.78 is 53.6. The first-order chi connectivity index (χ1) is 23.7. The third kappa shape index (κ3) is 22.9. The van der Waals surface area contributed by atoms with E-state index in [0.29, 0.717) is 25.8 Å². The number of aromatic nitrogens is 2. The van der Waals surface area contributed by atoms with Crippen LogP contribution in [0.1, 0.15) is 95.4 Å². The molecule has 1 rings (SSSR count). The molecule has 300 valence electrons. The molecular formula is C34H61BF4N6O7. The second-order valence-corrected chi connectivity index (χ2v) is 15.4. The van der Waals surface area contributed by atoms with Crippen LogP contribution in [0.5, 0.6) is 0 Å². The summed E-state index contributed by atoms with van der Waals surface area (Å²) >= 11 is 0. The van der Waals surface area contributed by atoms with Gasteiger partial charge in [-0.05, 0) is 63.7 Å². The van der Waals surface area contributed by atoms with Crippen LogP contribution in [0.25, 0.3) is 0 Å². The first-order valence-electron chi connectivity index (χ1n) is 17.6. The number of hydrogen-bond donors (Lipinski definition) is 4. The van der Waals surface area contributed by atoms with Gasteiger partial charge in [0, 0.05) is 0 Å². The number of aryl methyl sites for hydroxylation is 1. The molecule has 0 aliphatic heterocycles. The second-order valence-electron chi connectivity index (χ2n) is 15.4. The molecule has 4 N–H and O–H groups in total. The molecular weight excluding hydrogens is 691 g/mol. The third-order valence-corrected chi connectivity index (χ3v) is 7.03. The lowest BCUT2D eigenvalue weighted by atomic mass is 9.98. The average molecular weight is 753 g/mol. The van der Waals surface area contributed by atoms with Crippen LogP contribution in [0.4, 0.5) is 22.1 Å². The SMILES string of the molecule is CC(C)C[C@H](NC(=O)OC(C)(C)C)C(=O)N[C@@H](CC(C)C)C(=O)N[C@H](C(=O)N[C@@H](CC(C)C)C(=O)OCCn1cc[n+](C)c1)C(C)C.F[B-](F)(F)F. The number of carbonyl (C=O) groups is 5. The summed E-state index contributed by atoms with van der Waals surface area (Å²) in [5.74, 6) is -2.28. The normalized spacial score (nSPS) is 14.2. The number of halogens is 4. The highest BCUT2D eigenvalue weighted by molar-refractivity contribution is 6.50. The van der Waals surface area contributed by atoms with Gasteiger partial charge in [0.2, 0.25) is 24.0 Å². The Morgan fingerprint density at radius 2 is 1.17 bits per heavy atom. The van der Waals surface area contributed by atoms with Crippen LogP contribution < -0.4 is 25.8 Å². The Morgan fingerprint density at radius 1 is 0.731 bits per heavy atom. The number of hydrogen-bond acceptors (Lipinski definition) is 7. The van der Waals surface area contributed by atoms with Crippen LogP contribution in [0.15, 0.2) is 18.7 Å². The summed E-state index contributed by atoms with van der Waals surface area (Å²) in [6.07, 6.45) is 5.87. The lowest BCUT2D eigenvalue weighted by molar-refractivity contribution is -0.671. The van der Waals surface area contributed by atoms with Gasteiger partial charge in [0.1, 0.15) is 55.3 Å². The predicted molar refractivity (Wildman–Crippen MR) is 189 cm³/mol. The van der Waals surface area contributed by atoms with E-state index in [0.717, 1.165) is 0 Å². The number of carbonyl (C=O) groups excluding carboxylic acids is 5. The zero-order valence-electron chi connectivity index (χ0n) is 32.7. The maximum atomic E-state index is 13.6. The van der Waals surface area contributed by atoms with Crippen molar-refractivity contribution >= 4 is 37.0 Å². The molecule has 0 unspecified atom stereocenters. The molecule has 0 aliphatic rings. The molecule has 18 heteroatoms. The largest absolute Gasteiger partial charge is 0.673 e. The minimum Gasteiger partial charge on any atom is -0.460 e. The Hall–Kier alpha value is -3.86. The van der Waals surface area contributed by atoms with Crippen molar-refractivity contribution in [1.82, 2.24) is 25.8 Å². The van der Waals surface area contributed by atoms with Crippen molar-refractivity contribution in [2.75, 3.05) is 6.61 Å².